The van der Waals surface area contributed by atoms with E-state index in [4.69, 9.17) is 10.5 Å². The van der Waals surface area contributed by atoms with E-state index in [1.165, 1.54) is 0 Å². The molecule has 0 spiro atoms. The van der Waals surface area contributed by atoms with E-state index in [1.54, 1.807) is 13.3 Å². The summed E-state index contributed by atoms with van der Waals surface area (Å²) in [6.45, 7) is 2.02. The van der Waals surface area contributed by atoms with Crippen LogP contribution in [0.15, 0.2) is 36.5 Å². The lowest BCUT2D eigenvalue weighted by Gasteiger charge is -2.08. The molecular weight excluding hydrogens is 200 g/mol. The van der Waals surface area contributed by atoms with Crippen molar-refractivity contribution in [3.05, 3.63) is 42.1 Å². The second kappa shape index (κ2) is 4.23. The molecule has 1 aromatic heterocycles. The van der Waals surface area contributed by atoms with Crippen molar-refractivity contribution in [2.24, 2.45) is 0 Å². The van der Waals surface area contributed by atoms with Crippen LogP contribution in [-0.2, 0) is 0 Å². The van der Waals surface area contributed by atoms with Crippen LogP contribution in [0.1, 0.15) is 5.56 Å². The van der Waals surface area contributed by atoms with Crippen molar-refractivity contribution in [3.8, 4) is 17.0 Å². The zero-order valence-electron chi connectivity index (χ0n) is 9.40. The zero-order valence-corrected chi connectivity index (χ0v) is 9.40. The Labute approximate surface area is 94.9 Å². The molecule has 0 saturated heterocycles. The number of aromatic nitrogens is 1. The third-order valence-corrected chi connectivity index (χ3v) is 2.38. The molecule has 0 radical (unpaired) electrons. The summed E-state index contributed by atoms with van der Waals surface area (Å²) in [7, 11) is 1.62. The average molecular weight is 214 g/mol. The van der Waals surface area contributed by atoms with Gasteiger partial charge in [0.2, 0.25) is 5.88 Å². The van der Waals surface area contributed by atoms with Crippen molar-refractivity contribution >= 4 is 5.69 Å². The van der Waals surface area contributed by atoms with Crippen molar-refractivity contribution in [2.45, 2.75) is 6.92 Å². The molecule has 0 amide bonds. The number of hydrogen-bond donors (Lipinski definition) is 1. The quantitative estimate of drug-likeness (QED) is 0.782. The van der Waals surface area contributed by atoms with Crippen molar-refractivity contribution < 1.29 is 4.74 Å². The van der Waals surface area contributed by atoms with E-state index < -0.39 is 0 Å². The number of rotatable bonds is 2. The molecule has 1 heterocycles. The molecule has 2 rings (SSSR count). The van der Waals surface area contributed by atoms with Crippen molar-refractivity contribution in [3.63, 3.8) is 0 Å². The first kappa shape index (κ1) is 10.5. The summed E-state index contributed by atoms with van der Waals surface area (Å²) in [5, 5.41) is 0. The summed E-state index contributed by atoms with van der Waals surface area (Å²) in [5.74, 6) is 0.618. The molecule has 0 saturated carbocycles. The smallest absolute Gasteiger partial charge is 0.221 e. The molecule has 16 heavy (non-hydrogen) atoms. The molecule has 2 N–H and O–H groups in total. The molecular formula is C13H14N2O. The van der Waals surface area contributed by atoms with Crippen molar-refractivity contribution in [2.75, 3.05) is 12.8 Å². The van der Waals surface area contributed by atoms with Crippen LogP contribution in [0, 0.1) is 6.92 Å². The lowest BCUT2D eigenvalue weighted by molar-refractivity contribution is 0.399. The van der Waals surface area contributed by atoms with E-state index in [1.807, 2.05) is 31.2 Å². The van der Waals surface area contributed by atoms with Crippen LogP contribution < -0.4 is 10.5 Å². The fraction of sp³-hybridized carbons (Fsp3) is 0.154. The first-order valence-corrected chi connectivity index (χ1v) is 5.07. The van der Waals surface area contributed by atoms with Gasteiger partial charge >= 0.3 is 0 Å². The molecule has 3 nitrogen and oxygen atoms in total. The molecule has 1 aromatic carbocycles. The topological polar surface area (TPSA) is 48.1 Å². The minimum atomic E-state index is 0.618. The number of hydrogen-bond acceptors (Lipinski definition) is 3. The fourth-order valence-electron chi connectivity index (χ4n) is 1.74. The van der Waals surface area contributed by atoms with Gasteiger partial charge in [-0.05, 0) is 42.3 Å². The van der Waals surface area contributed by atoms with Crippen molar-refractivity contribution in [1.82, 2.24) is 4.98 Å². The van der Waals surface area contributed by atoms with Gasteiger partial charge in [-0.2, -0.15) is 0 Å². The summed E-state index contributed by atoms with van der Waals surface area (Å²) >= 11 is 0. The highest BCUT2D eigenvalue weighted by atomic mass is 16.5. The largest absolute Gasteiger partial charge is 0.481 e. The number of nitrogen functional groups attached to an aromatic ring is 1. The standard InChI is InChI=1S/C13H14N2O/c1-9-6-10(8-11(14)7-9)12-4-3-5-15-13(12)16-2/h3-8H,14H2,1-2H3. The summed E-state index contributed by atoms with van der Waals surface area (Å²) in [5.41, 5.74) is 9.69. The summed E-state index contributed by atoms with van der Waals surface area (Å²) in [4.78, 5) is 4.17. The monoisotopic (exact) mass is 214 g/mol. The number of pyridine rings is 1. The van der Waals surface area contributed by atoms with Gasteiger partial charge in [-0.15, -0.1) is 0 Å². The van der Waals surface area contributed by atoms with Crippen LogP contribution in [0.2, 0.25) is 0 Å². The lowest BCUT2D eigenvalue weighted by atomic mass is 10.0. The Morgan fingerprint density at radius 2 is 2.06 bits per heavy atom. The molecule has 82 valence electrons. The van der Waals surface area contributed by atoms with Crippen LogP contribution in [0.3, 0.4) is 0 Å². The molecule has 2 aromatic rings. The molecule has 3 heteroatoms. The number of ether oxygens (including phenoxy) is 1. The number of nitrogens with zero attached hydrogens (tertiary/aromatic N) is 1. The molecule has 0 bridgehead atoms. The predicted molar refractivity (Wildman–Crippen MR) is 65.4 cm³/mol. The minimum absolute atomic E-state index is 0.618. The Hall–Kier alpha value is -2.03. The SMILES string of the molecule is COc1ncccc1-c1cc(C)cc(N)c1. The number of anilines is 1. The molecule has 0 aliphatic carbocycles. The Kier molecular flexibility index (Phi) is 2.77. The van der Waals surface area contributed by atoms with E-state index in [-0.39, 0.29) is 0 Å². The lowest BCUT2D eigenvalue weighted by Crippen LogP contribution is -1.92. The zero-order chi connectivity index (χ0) is 11.5. The third-order valence-electron chi connectivity index (χ3n) is 2.38. The predicted octanol–water partition coefficient (Wildman–Crippen LogP) is 2.65. The van der Waals surface area contributed by atoms with Gasteiger partial charge < -0.3 is 10.5 Å². The highest BCUT2D eigenvalue weighted by Gasteiger charge is 2.06. The van der Waals surface area contributed by atoms with E-state index in [2.05, 4.69) is 11.1 Å². The number of aryl methyl sites for hydroxylation is 1. The molecule has 0 aliphatic rings. The van der Waals surface area contributed by atoms with Gasteiger partial charge in [0.25, 0.3) is 0 Å². The normalized spacial score (nSPS) is 10.1. The van der Waals surface area contributed by atoms with E-state index in [0.717, 1.165) is 22.4 Å². The minimum Gasteiger partial charge on any atom is -0.481 e. The Balaban J connectivity index is 2.58. The van der Waals surface area contributed by atoms with Crippen LogP contribution >= 0.6 is 0 Å². The van der Waals surface area contributed by atoms with Gasteiger partial charge in [0, 0.05) is 17.4 Å². The Morgan fingerprint density at radius 3 is 2.75 bits per heavy atom. The van der Waals surface area contributed by atoms with Gasteiger partial charge in [-0.25, -0.2) is 4.98 Å². The molecule has 0 atom stereocenters. The van der Waals surface area contributed by atoms with Crippen LogP contribution in [-0.4, -0.2) is 12.1 Å². The maximum Gasteiger partial charge on any atom is 0.221 e. The van der Waals surface area contributed by atoms with Gasteiger partial charge in [0.1, 0.15) is 0 Å². The first-order valence-electron chi connectivity index (χ1n) is 5.07. The third kappa shape index (κ3) is 1.98. The van der Waals surface area contributed by atoms with Crippen LogP contribution in [0.4, 0.5) is 5.69 Å². The summed E-state index contributed by atoms with van der Waals surface area (Å²) in [6.07, 6.45) is 1.71. The number of benzene rings is 1. The summed E-state index contributed by atoms with van der Waals surface area (Å²) < 4.78 is 5.23. The maximum atomic E-state index is 5.83. The highest BCUT2D eigenvalue weighted by molar-refractivity contribution is 5.72. The Bertz CT molecular complexity index is 489. The molecule has 0 fully saturated rings. The maximum absolute atomic E-state index is 5.83. The van der Waals surface area contributed by atoms with E-state index in [9.17, 15) is 0 Å². The second-order valence-corrected chi connectivity index (χ2v) is 3.69. The highest BCUT2D eigenvalue weighted by Crippen LogP contribution is 2.29. The van der Waals surface area contributed by atoms with Crippen molar-refractivity contribution in [1.29, 1.82) is 0 Å². The van der Waals surface area contributed by atoms with E-state index >= 15 is 0 Å². The van der Waals surface area contributed by atoms with Crippen LogP contribution in [0.25, 0.3) is 11.1 Å². The molecule has 0 unspecified atom stereocenters. The number of methoxy groups -OCH3 is 1. The van der Waals surface area contributed by atoms with E-state index in [0.29, 0.717) is 5.88 Å². The van der Waals surface area contributed by atoms with Gasteiger partial charge in [0.15, 0.2) is 0 Å². The van der Waals surface area contributed by atoms with Crippen LogP contribution in [0.5, 0.6) is 5.88 Å². The number of nitrogens with two attached hydrogens (primary N) is 1. The van der Waals surface area contributed by atoms with Gasteiger partial charge in [0.05, 0.1) is 7.11 Å². The molecule has 0 aliphatic heterocycles. The fourth-order valence-corrected chi connectivity index (χ4v) is 1.74. The van der Waals surface area contributed by atoms with Gasteiger partial charge in [-0.1, -0.05) is 6.07 Å². The average Bonchev–Trinajstić information content (AvgIpc) is 2.27. The Morgan fingerprint density at radius 1 is 1.25 bits per heavy atom. The van der Waals surface area contributed by atoms with Gasteiger partial charge in [-0.3, -0.25) is 0 Å². The summed E-state index contributed by atoms with van der Waals surface area (Å²) in [6, 6.07) is 9.78. The second-order valence-electron chi connectivity index (χ2n) is 3.69. The first-order chi connectivity index (χ1) is 7.70.